The first kappa shape index (κ1) is 11.0. The molecule has 1 saturated carbocycles. The zero-order chi connectivity index (χ0) is 11.7. The van der Waals surface area contributed by atoms with Crippen LogP contribution in [0, 0.1) is 5.92 Å². The number of rotatable bonds is 3. The second-order valence-corrected chi connectivity index (χ2v) is 5.15. The molecule has 2 aliphatic rings. The van der Waals surface area contributed by atoms with Gasteiger partial charge in [0.1, 0.15) is 6.10 Å². The van der Waals surface area contributed by atoms with E-state index in [4.69, 9.17) is 4.74 Å². The van der Waals surface area contributed by atoms with Gasteiger partial charge in [0, 0.05) is 5.56 Å². The summed E-state index contributed by atoms with van der Waals surface area (Å²) in [5.74, 6) is 0.794. The molecule has 0 bridgehead atoms. The molecule has 0 aromatic heterocycles. The molecule has 1 heterocycles. The lowest BCUT2D eigenvalue weighted by Crippen LogP contribution is -2.18. The largest absolute Gasteiger partial charge is 0.361 e. The van der Waals surface area contributed by atoms with Gasteiger partial charge in [-0.2, -0.15) is 0 Å². The number of hydrogen-bond donors (Lipinski definition) is 0. The number of carbonyl (C=O) groups excluding carboxylic acids is 1. The van der Waals surface area contributed by atoms with Crippen LogP contribution in [-0.2, 0) is 4.74 Å². The van der Waals surface area contributed by atoms with E-state index in [1.165, 1.54) is 32.1 Å². The van der Waals surface area contributed by atoms with Crippen LogP contribution in [0.4, 0.5) is 0 Å². The molecule has 1 aliphatic carbocycles. The highest BCUT2D eigenvalue weighted by Gasteiger charge is 2.49. The third-order valence-electron chi connectivity index (χ3n) is 3.96. The Bertz CT molecular complexity index is 393. The Hall–Kier alpha value is -1.15. The number of ether oxygens (including phenoxy) is 1. The monoisotopic (exact) mass is 230 g/mol. The van der Waals surface area contributed by atoms with E-state index in [9.17, 15) is 4.79 Å². The fourth-order valence-corrected chi connectivity index (χ4v) is 2.92. The van der Waals surface area contributed by atoms with Gasteiger partial charge in [-0.25, -0.2) is 0 Å². The lowest BCUT2D eigenvalue weighted by atomic mass is 9.85. The standard InChI is InChI=1S/C15H18O2/c16-13(11-7-3-1-4-8-11)15-14(17-15)12-9-5-2-6-10-12/h1,3-4,7-8,12,14-15H,2,5-6,9-10H2/t14-,15+/m0/s1. The molecule has 2 atom stereocenters. The zero-order valence-electron chi connectivity index (χ0n) is 9.97. The molecular weight excluding hydrogens is 212 g/mol. The molecule has 0 amide bonds. The van der Waals surface area contributed by atoms with Gasteiger partial charge in [-0.05, 0) is 18.8 Å². The van der Waals surface area contributed by atoms with E-state index in [0.29, 0.717) is 5.92 Å². The summed E-state index contributed by atoms with van der Waals surface area (Å²) < 4.78 is 5.62. The molecule has 90 valence electrons. The molecule has 0 radical (unpaired) electrons. The van der Waals surface area contributed by atoms with Gasteiger partial charge in [0.2, 0.25) is 0 Å². The van der Waals surface area contributed by atoms with Gasteiger partial charge >= 0.3 is 0 Å². The van der Waals surface area contributed by atoms with Crippen LogP contribution in [0.2, 0.25) is 0 Å². The number of ketones is 1. The Balaban J connectivity index is 1.62. The molecule has 2 heteroatoms. The fraction of sp³-hybridized carbons (Fsp3) is 0.533. The predicted molar refractivity (Wildman–Crippen MR) is 66.0 cm³/mol. The van der Waals surface area contributed by atoms with E-state index in [-0.39, 0.29) is 18.0 Å². The van der Waals surface area contributed by atoms with E-state index in [1.54, 1.807) is 0 Å². The zero-order valence-corrected chi connectivity index (χ0v) is 9.97. The number of carbonyl (C=O) groups is 1. The average molecular weight is 230 g/mol. The van der Waals surface area contributed by atoms with Crippen molar-refractivity contribution in [1.29, 1.82) is 0 Å². The van der Waals surface area contributed by atoms with E-state index < -0.39 is 0 Å². The Morgan fingerprint density at radius 1 is 1.06 bits per heavy atom. The molecule has 17 heavy (non-hydrogen) atoms. The van der Waals surface area contributed by atoms with Gasteiger partial charge in [0.05, 0.1) is 6.10 Å². The molecule has 2 fully saturated rings. The molecule has 2 nitrogen and oxygen atoms in total. The van der Waals surface area contributed by atoms with Crippen LogP contribution in [-0.4, -0.2) is 18.0 Å². The highest BCUT2D eigenvalue weighted by atomic mass is 16.6. The summed E-state index contributed by atoms with van der Waals surface area (Å²) in [6.07, 6.45) is 6.49. The Morgan fingerprint density at radius 3 is 2.47 bits per heavy atom. The first-order chi connectivity index (χ1) is 8.36. The van der Waals surface area contributed by atoms with E-state index in [0.717, 1.165) is 5.56 Å². The normalized spacial score (nSPS) is 28.9. The summed E-state index contributed by atoms with van der Waals surface area (Å²) in [5.41, 5.74) is 0.788. The summed E-state index contributed by atoms with van der Waals surface area (Å²) >= 11 is 0. The van der Waals surface area contributed by atoms with Gasteiger partial charge < -0.3 is 4.74 Å². The van der Waals surface area contributed by atoms with Crippen molar-refractivity contribution in [2.24, 2.45) is 5.92 Å². The first-order valence-corrected chi connectivity index (χ1v) is 6.61. The van der Waals surface area contributed by atoms with Crippen molar-refractivity contribution >= 4 is 5.78 Å². The third kappa shape index (κ3) is 2.27. The minimum Gasteiger partial charge on any atom is -0.361 e. The number of Topliss-reactive ketones (excluding diaryl/α,β-unsaturated/α-hetero) is 1. The topological polar surface area (TPSA) is 29.6 Å². The molecule has 0 unspecified atom stereocenters. The molecule has 0 N–H and O–H groups in total. The molecule has 3 rings (SSSR count). The lowest BCUT2D eigenvalue weighted by molar-refractivity contribution is 0.0953. The number of epoxide rings is 1. The van der Waals surface area contributed by atoms with Crippen molar-refractivity contribution in [3.8, 4) is 0 Å². The van der Waals surface area contributed by atoms with Crippen molar-refractivity contribution in [3.63, 3.8) is 0 Å². The van der Waals surface area contributed by atoms with Crippen molar-refractivity contribution in [2.75, 3.05) is 0 Å². The second kappa shape index (κ2) is 4.61. The van der Waals surface area contributed by atoms with Crippen molar-refractivity contribution in [1.82, 2.24) is 0 Å². The van der Waals surface area contributed by atoms with Crippen LogP contribution in [0.5, 0.6) is 0 Å². The molecule has 1 aliphatic heterocycles. The molecule has 0 spiro atoms. The van der Waals surface area contributed by atoms with Crippen LogP contribution in [0.15, 0.2) is 30.3 Å². The van der Waals surface area contributed by atoms with Crippen LogP contribution in [0.25, 0.3) is 0 Å². The van der Waals surface area contributed by atoms with E-state index in [1.807, 2.05) is 30.3 Å². The SMILES string of the molecule is O=C(c1ccccc1)[C@H]1O[C@H]1C1CCCCC1. The lowest BCUT2D eigenvalue weighted by Gasteiger charge is -2.19. The first-order valence-electron chi connectivity index (χ1n) is 6.61. The Labute approximate surface area is 102 Å². The molecule has 1 saturated heterocycles. The van der Waals surface area contributed by atoms with Crippen LogP contribution >= 0.6 is 0 Å². The van der Waals surface area contributed by atoms with Crippen molar-refractivity contribution in [3.05, 3.63) is 35.9 Å². The maximum absolute atomic E-state index is 12.1. The molecule has 1 aromatic carbocycles. The predicted octanol–water partition coefficient (Wildman–Crippen LogP) is 3.22. The quantitative estimate of drug-likeness (QED) is 0.589. The molecule has 1 aromatic rings. The second-order valence-electron chi connectivity index (χ2n) is 5.15. The summed E-state index contributed by atoms with van der Waals surface area (Å²) in [7, 11) is 0. The minimum absolute atomic E-state index is 0.152. The van der Waals surface area contributed by atoms with Gasteiger partial charge in [0.15, 0.2) is 5.78 Å². The van der Waals surface area contributed by atoms with E-state index in [2.05, 4.69) is 0 Å². The van der Waals surface area contributed by atoms with E-state index >= 15 is 0 Å². The van der Waals surface area contributed by atoms with Crippen molar-refractivity contribution < 1.29 is 9.53 Å². The highest BCUT2D eigenvalue weighted by Crippen LogP contribution is 2.39. The fourth-order valence-electron chi connectivity index (χ4n) is 2.92. The van der Waals surface area contributed by atoms with Crippen LogP contribution in [0.1, 0.15) is 42.5 Å². The maximum atomic E-state index is 12.1. The van der Waals surface area contributed by atoms with Crippen LogP contribution in [0.3, 0.4) is 0 Å². The van der Waals surface area contributed by atoms with Crippen LogP contribution < -0.4 is 0 Å². The number of benzene rings is 1. The van der Waals surface area contributed by atoms with Crippen molar-refractivity contribution in [2.45, 2.75) is 44.3 Å². The Morgan fingerprint density at radius 2 is 1.76 bits per heavy atom. The van der Waals surface area contributed by atoms with Gasteiger partial charge in [-0.1, -0.05) is 49.6 Å². The number of hydrogen-bond acceptors (Lipinski definition) is 2. The van der Waals surface area contributed by atoms with Gasteiger partial charge in [0.25, 0.3) is 0 Å². The smallest absolute Gasteiger partial charge is 0.194 e. The molecular formula is C15H18O2. The summed E-state index contributed by atoms with van der Waals surface area (Å²) in [4.78, 5) is 12.1. The van der Waals surface area contributed by atoms with Gasteiger partial charge in [-0.3, -0.25) is 4.79 Å². The highest BCUT2D eigenvalue weighted by molar-refractivity contribution is 6.01. The summed E-state index contributed by atoms with van der Waals surface area (Å²) in [6.45, 7) is 0. The summed E-state index contributed by atoms with van der Waals surface area (Å²) in [6, 6.07) is 9.50. The van der Waals surface area contributed by atoms with Gasteiger partial charge in [-0.15, -0.1) is 0 Å². The Kier molecular flexibility index (Phi) is 2.98. The maximum Gasteiger partial charge on any atom is 0.194 e. The average Bonchev–Trinajstić information content (AvgIpc) is 3.20. The third-order valence-corrected chi connectivity index (χ3v) is 3.96. The minimum atomic E-state index is -0.152. The summed E-state index contributed by atoms with van der Waals surface area (Å²) in [5, 5.41) is 0.